The van der Waals surface area contributed by atoms with Gasteiger partial charge in [-0.2, -0.15) is 0 Å². The summed E-state index contributed by atoms with van der Waals surface area (Å²) in [5, 5.41) is 11.9. The number of rotatable bonds is 4. The molecule has 4 nitrogen and oxygen atoms in total. The van der Waals surface area contributed by atoms with Gasteiger partial charge in [-0.1, -0.05) is 18.2 Å². The molecule has 0 spiro atoms. The van der Waals surface area contributed by atoms with E-state index in [0.717, 1.165) is 11.1 Å². The third-order valence-electron chi connectivity index (χ3n) is 2.51. The Morgan fingerprint density at radius 1 is 1.25 bits per heavy atom. The van der Waals surface area contributed by atoms with E-state index in [1.165, 1.54) is 6.08 Å². The highest BCUT2D eigenvalue weighted by Crippen LogP contribution is 2.10. The summed E-state index contributed by atoms with van der Waals surface area (Å²) >= 11 is 0. The maximum atomic E-state index is 11.6. The first-order valence-corrected chi connectivity index (χ1v) is 5.88. The van der Waals surface area contributed by atoms with Crippen molar-refractivity contribution < 1.29 is 9.90 Å². The second-order valence-corrected chi connectivity index (χ2v) is 4.00. The van der Waals surface area contributed by atoms with Gasteiger partial charge in [0.15, 0.2) is 0 Å². The van der Waals surface area contributed by atoms with Crippen LogP contribution >= 0.6 is 12.4 Å². The van der Waals surface area contributed by atoms with Gasteiger partial charge in [0.25, 0.3) is 0 Å². The van der Waals surface area contributed by atoms with Crippen molar-refractivity contribution in [2.24, 2.45) is 0 Å². The van der Waals surface area contributed by atoms with Gasteiger partial charge in [0.2, 0.25) is 5.91 Å². The molecule has 1 amide bonds. The molecule has 0 aliphatic heterocycles. The van der Waals surface area contributed by atoms with E-state index in [4.69, 9.17) is 5.11 Å². The van der Waals surface area contributed by atoms with E-state index >= 15 is 0 Å². The molecule has 0 aliphatic rings. The number of carbonyl (C=O) groups is 1. The number of benzene rings is 1. The van der Waals surface area contributed by atoms with Crippen molar-refractivity contribution in [3.05, 3.63) is 66.0 Å². The van der Waals surface area contributed by atoms with Gasteiger partial charge in [-0.15, -0.1) is 12.4 Å². The number of amides is 1. The molecule has 0 bridgehead atoms. The van der Waals surface area contributed by atoms with Gasteiger partial charge in [-0.05, 0) is 35.4 Å². The van der Waals surface area contributed by atoms with Crippen molar-refractivity contribution in [3.8, 4) is 5.75 Å². The van der Waals surface area contributed by atoms with Crippen LogP contribution in [-0.4, -0.2) is 16.0 Å². The smallest absolute Gasteiger partial charge is 0.244 e. The van der Waals surface area contributed by atoms with Gasteiger partial charge in [0.1, 0.15) is 5.75 Å². The summed E-state index contributed by atoms with van der Waals surface area (Å²) in [5.74, 6) is 0.0371. The van der Waals surface area contributed by atoms with Crippen molar-refractivity contribution in [2.75, 3.05) is 0 Å². The number of aromatic nitrogens is 1. The van der Waals surface area contributed by atoms with E-state index in [2.05, 4.69) is 10.3 Å². The third kappa shape index (κ3) is 5.12. The zero-order valence-electron chi connectivity index (χ0n) is 10.7. The van der Waals surface area contributed by atoms with Crippen molar-refractivity contribution in [2.45, 2.75) is 6.54 Å². The van der Waals surface area contributed by atoms with Crippen LogP contribution in [0.15, 0.2) is 54.9 Å². The highest BCUT2D eigenvalue weighted by Gasteiger charge is 1.96. The fourth-order valence-corrected chi connectivity index (χ4v) is 1.51. The van der Waals surface area contributed by atoms with Crippen LogP contribution in [0.5, 0.6) is 5.75 Å². The topological polar surface area (TPSA) is 62.2 Å². The van der Waals surface area contributed by atoms with Crippen molar-refractivity contribution in [1.29, 1.82) is 0 Å². The molecule has 1 heterocycles. The fraction of sp³-hybridized carbons (Fsp3) is 0.0667. The van der Waals surface area contributed by atoms with Crippen LogP contribution in [0.2, 0.25) is 0 Å². The lowest BCUT2D eigenvalue weighted by molar-refractivity contribution is -0.116. The second kappa shape index (κ2) is 7.96. The Balaban J connectivity index is 0.00000200. The lowest BCUT2D eigenvalue weighted by Gasteiger charge is -2.01. The zero-order valence-corrected chi connectivity index (χ0v) is 11.5. The normalized spacial score (nSPS) is 10.0. The molecular weight excluding hydrogens is 276 g/mol. The molecule has 20 heavy (non-hydrogen) atoms. The maximum absolute atomic E-state index is 11.6. The Bertz CT molecular complexity index is 568. The Hall–Kier alpha value is -2.33. The lowest BCUT2D eigenvalue weighted by Crippen LogP contribution is -2.20. The number of phenols is 1. The molecule has 0 fully saturated rings. The minimum Gasteiger partial charge on any atom is -0.508 e. The Kier molecular flexibility index (Phi) is 6.26. The number of halogens is 1. The van der Waals surface area contributed by atoms with E-state index in [9.17, 15) is 4.79 Å². The number of hydrogen-bond donors (Lipinski definition) is 2. The average molecular weight is 291 g/mol. The summed E-state index contributed by atoms with van der Waals surface area (Å²) in [6.07, 6.45) is 6.56. The first-order valence-electron chi connectivity index (χ1n) is 5.88. The van der Waals surface area contributed by atoms with E-state index in [-0.39, 0.29) is 24.1 Å². The molecule has 0 saturated heterocycles. The SMILES string of the molecule is Cl.O=C(C=Cc1ccc(O)cc1)NCc1cccnc1. The van der Waals surface area contributed by atoms with Crippen molar-refractivity contribution in [1.82, 2.24) is 10.3 Å². The molecule has 0 aliphatic carbocycles. The summed E-state index contributed by atoms with van der Waals surface area (Å²) in [6.45, 7) is 0.451. The standard InChI is InChI=1S/C15H14N2O2.ClH/c18-14-6-3-12(4-7-14)5-8-15(19)17-11-13-2-1-9-16-10-13;/h1-10,18H,11H2,(H,17,19);1H. The van der Waals surface area contributed by atoms with Crippen LogP contribution in [0.4, 0.5) is 0 Å². The first kappa shape index (κ1) is 15.7. The number of aromatic hydroxyl groups is 1. The molecule has 0 radical (unpaired) electrons. The maximum Gasteiger partial charge on any atom is 0.244 e. The highest BCUT2D eigenvalue weighted by atomic mass is 35.5. The molecule has 0 atom stereocenters. The minimum absolute atomic E-state index is 0. The molecular formula is C15H15ClN2O2. The zero-order chi connectivity index (χ0) is 13.5. The predicted octanol–water partition coefficient (Wildman–Crippen LogP) is 2.54. The van der Waals surface area contributed by atoms with Gasteiger partial charge in [0.05, 0.1) is 0 Å². The van der Waals surface area contributed by atoms with Crippen LogP contribution in [0.3, 0.4) is 0 Å². The van der Waals surface area contributed by atoms with Crippen molar-refractivity contribution >= 4 is 24.4 Å². The average Bonchev–Trinajstić information content (AvgIpc) is 2.45. The van der Waals surface area contributed by atoms with E-state index in [0.29, 0.717) is 6.54 Å². The molecule has 2 rings (SSSR count). The van der Waals surface area contributed by atoms with Gasteiger partial charge < -0.3 is 10.4 Å². The number of carbonyl (C=O) groups excluding carboxylic acids is 1. The minimum atomic E-state index is -0.170. The summed E-state index contributed by atoms with van der Waals surface area (Å²) in [4.78, 5) is 15.6. The quantitative estimate of drug-likeness (QED) is 0.851. The fourth-order valence-electron chi connectivity index (χ4n) is 1.51. The summed E-state index contributed by atoms with van der Waals surface area (Å²) in [6, 6.07) is 10.4. The molecule has 0 saturated carbocycles. The molecule has 1 aromatic heterocycles. The number of hydrogen-bond acceptors (Lipinski definition) is 3. The van der Waals surface area contributed by atoms with Gasteiger partial charge >= 0.3 is 0 Å². The van der Waals surface area contributed by atoms with E-state index in [1.54, 1.807) is 42.7 Å². The number of pyridine rings is 1. The Labute approximate surface area is 123 Å². The van der Waals surface area contributed by atoms with Crippen molar-refractivity contribution in [3.63, 3.8) is 0 Å². The monoisotopic (exact) mass is 290 g/mol. The number of nitrogens with zero attached hydrogens (tertiary/aromatic N) is 1. The predicted molar refractivity (Wildman–Crippen MR) is 80.5 cm³/mol. The third-order valence-corrected chi connectivity index (χ3v) is 2.51. The second-order valence-electron chi connectivity index (χ2n) is 4.00. The van der Waals surface area contributed by atoms with Crippen LogP contribution < -0.4 is 5.32 Å². The molecule has 2 aromatic rings. The Morgan fingerprint density at radius 3 is 2.65 bits per heavy atom. The van der Waals surface area contributed by atoms with Crippen LogP contribution in [0, 0.1) is 0 Å². The van der Waals surface area contributed by atoms with Crippen LogP contribution in [0.1, 0.15) is 11.1 Å². The molecule has 5 heteroatoms. The number of phenolic OH excluding ortho intramolecular Hbond substituents is 1. The largest absolute Gasteiger partial charge is 0.508 e. The molecule has 2 N–H and O–H groups in total. The Morgan fingerprint density at radius 2 is 2.00 bits per heavy atom. The summed E-state index contributed by atoms with van der Waals surface area (Å²) < 4.78 is 0. The van der Waals surface area contributed by atoms with Gasteiger partial charge in [0, 0.05) is 25.0 Å². The lowest BCUT2D eigenvalue weighted by atomic mass is 10.2. The van der Waals surface area contributed by atoms with Crippen LogP contribution in [0.25, 0.3) is 6.08 Å². The van der Waals surface area contributed by atoms with E-state index in [1.807, 2.05) is 12.1 Å². The molecule has 1 aromatic carbocycles. The van der Waals surface area contributed by atoms with Crippen LogP contribution in [-0.2, 0) is 11.3 Å². The first-order chi connectivity index (χ1) is 9.24. The van der Waals surface area contributed by atoms with Gasteiger partial charge in [-0.3, -0.25) is 9.78 Å². The highest BCUT2D eigenvalue weighted by molar-refractivity contribution is 5.91. The summed E-state index contributed by atoms with van der Waals surface area (Å²) in [7, 11) is 0. The van der Waals surface area contributed by atoms with E-state index < -0.39 is 0 Å². The molecule has 0 unspecified atom stereocenters. The van der Waals surface area contributed by atoms with Gasteiger partial charge in [-0.25, -0.2) is 0 Å². The molecule has 104 valence electrons. The number of nitrogens with one attached hydrogen (secondary N) is 1. The summed E-state index contributed by atoms with van der Waals surface area (Å²) in [5.41, 5.74) is 1.81.